The number of hydrogen-bond donors (Lipinski definition) is 1. The molecular weight excluding hydrogens is 414 g/mol. The van der Waals surface area contributed by atoms with E-state index in [1.807, 2.05) is 38.1 Å². The molecule has 0 bridgehead atoms. The molecule has 1 aliphatic rings. The van der Waals surface area contributed by atoms with E-state index in [0.717, 1.165) is 34.2 Å². The molecule has 1 aromatic heterocycles. The fourth-order valence-corrected chi connectivity index (χ4v) is 4.46. The summed E-state index contributed by atoms with van der Waals surface area (Å²) in [5.74, 6) is 4.07. The first-order valence-corrected chi connectivity index (χ1v) is 11.3. The molecule has 8 heteroatoms. The third-order valence-corrected chi connectivity index (χ3v) is 5.88. The molecule has 162 valence electrons. The van der Waals surface area contributed by atoms with Gasteiger partial charge >= 0.3 is 0 Å². The Morgan fingerprint density at radius 1 is 1.06 bits per heavy atom. The van der Waals surface area contributed by atoms with Crippen LogP contribution in [0.15, 0.2) is 42.5 Å². The number of carbonyl (C=O) groups excluding carboxylic acids is 1. The maximum atomic E-state index is 13.1. The highest BCUT2D eigenvalue weighted by Gasteiger charge is 2.25. The van der Waals surface area contributed by atoms with E-state index in [-0.39, 0.29) is 5.91 Å². The maximum absolute atomic E-state index is 13.1. The van der Waals surface area contributed by atoms with Crippen LogP contribution in [0, 0.1) is 0 Å². The van der Waals surface area contributed by atoms with E-state index < -0.39 is 0 Å². The van der Waals surface area contributed by atoms with Gasteiger partial charge in [-0.15, -0.1) is 0 Å². The number of rotatable bonds is 8. The van der Waals surface area contributed by atoms with Gasteiger partial charge in [0, 0.05) is 22.6 Å². The Morgan fingerprint density at radius 3 is 2.52 bits per heavy atom. The normalized spacial score (nSPS) is 12.4. The summed E-state index contributed by atoms with van der Waals surface area (Å²) in [7, 11) is 1.63. The summed E-state index contributed by atoms with van der Waals surface area (Å²) in [5, 5.41) is 7.82. The Labute approximate surface area is 185 Å². The van der Waals surface area contributed by atoms with Gasteiger partial charge in [0.15, 0.2) is 11.5 Å². The molecule has 0 saturated heterocycles. The SMILES string of the molecule is CCOc1ccc(C(=O)Nc2c3c(nn2-c2ccc(OC)cc2)CSC3)cc1OCC. The highest BCUT2D eigenvalue weighted by atomic mass is 32.2. The standard InChI is InChI=1S/C23H25N3O4S/c1-4-29-20-11-6-15(12-21(20)30-5-2)23(27)24-22-18-13-31-14-19(18)25-26(22)16-7-9-17(28-3)10-8-16/h6-12H,4-5,13-14H2,1-3H3,(H,24,27). The summed E-state index contributed by atoms with van der Waals surface area (Å²) >= 11 is 1.79. The molecule has 4 rings (SSSR count). The molecule has 1 N–H and O–H groups in total. The number of carbonyl (C=O) groups is 1. The number of nitrogens with zero attached hydrogens (tertiary/aromatic N) is 2. The van der Waals surface area contributed by atoms with Crippen molar-refractivity contribution in [2.45, 2.75) is 25.4 Å². The van der Waals surface area contributed by atoms with Crippen molar-refractivity contribution in [2.24, 2.45) is 0 Å². The van der Waals surface area contributed by atoms with Gasteiger partial charge in [0.2, 0.25) is 0 Å². The summed E-state index contributed by atoms with van der Waals surface area (Å²) < 4.78 is 18.3. The molecular formula is C23H25N3O4S. The molecule has 0 fully saturated rings. The number of amides is 1. The van der Waals surface area contributed by atoms with Crippen LogP contribution in [0.2, 0.25) is 0 Å². The van der Waals surface area contributed by atoms with Crippen molar-refractivity contribution in [1.29, 1.82) is 0 Å². The lowest BCUT2D eigenvalue weighted by molar-refractivity contribution is 0.102. The first kappa shape index (κ1) is 21.1. The Hall–Kier alpha value is -3.13. The molecule has 0 aliphatic carbocycles. The topological polar surface area (TPSA) is 74.6 Å². The summed E-state index contributed by atoms with van der Waals surface area (Å²) in [6.07, 6.45) is 0. The van der Waals surface area contributed by atoms with Crippen LogP contribution >= 0.6 is 11.8 Å². The van der Waals surface area contributed by atoms with Gasteiger partial charge in [-0.2, -0.15) is 16.9 Å². The fourth-order valence-electron chi connectivity index (χ4n) is 3.42. The van der Waals surface area contributed by atoms with Gasteiger partial charge in [-0.05, 0) is 56.3 Å². The van der Waals surface area contributed by atoms with Crippen molar-refractivity contribution in [1.82, 2.24) is 9.78 Å². The lowest BCUT2D eigenvalue weighted by Gasteiger charge is -2.14. The Bertz CT molecular complexity index is 1080. The highest BCUT2D eigenvalue weighted by Crippen LogP contribution is 2.37. The zero-order chi connectivity index (χ0) is 21.8. The zero-order valence-electron chi connectivity index (χ0n) is 17.8. The molecule has 0 unspecified atom stereocenters. The van der Waals surface area contributed by atoms with E-state index in [1.54, 1.807) is 41.8 Å². The Morgan fingerprint density at radius 2 is 1.81 bits per heavy atom. The minimum Gasteiger partial charge on any atom is -0.497 e. The number of nitrogens with one attached hydrogen (secondary N) is 1. The van der Waals surface area contributed by atoms with Gasteiger partial charge in [0.05, 0.1) is 31.7 Å². The molecule has 2 aromatic carbocycles. The lowest BCUT2D eigenvalue weighted by Crippen LogP contribution is -2.16. The molecule has 0 spiro atoms. The molecule has 7 nitrogen and oxygen atoms in total. The first-order chi connectivity index (χ1) is 15.1. The second-order valence-electron chi connectivity index (χ2n) is 6.86. The van der Waals surface area contributed by atoms with E-state index >= 15 is 0 Å². The second-order valence-corrected chi connectivity index (χ2v) is 7.84. The quantitative estimate of drug-likeness (QED) is 0.549. The van der Waals surface area contributed by atoms with Crippen LogP contribution in [-0.4, -0.2) is 36.0 Å². The van der Waals surface area contributed by atoms with Crippen molar-refractivity contribution >= 4 is 23.5 Å². The van der Waals surface area contributed by atoms with E-state index in [9.17, 15) is 4.79 Å². The number of benzene rings is 2. The van der Waals surface area contributed by atoms with Crippen molar-refractivity contribution in [2.75, 3.05) is 25.6 Å². The van der Waals surface area contributed by atoms with Gasteiger partial charge in [0.1, 0.15) is 11.6 Å². The summed E-state index contributed by atoms with van der Waals surface area (Å²) in [6.45, 7) is 4.82. The predicted molar refractivity (Wildman–Crippen MR) is 122 cm³/mol. The van der Waals surface area contributed by atoms with E-state index in [1.165, 1.54) is 0 Å². The van der Waals surface area contributed by atoms with Gasteiger partial charge in [-0.25, -0.2) is 4.68 Å². The van der Waals surface area contributed by atoms with Crippen molar-refractivity contribution in [3.8, 4) is 22.9 Å². The Balaban J connectivity index is 1.66. The van der Waals surface area contributed by atoms with Crippen LogP contribution in [-0.2, 0) is 11.5 Å². The molecule has 0 saturated carbocycles. The summed E-state index contributed by atoms with van der Waals surface area (Å²) in [4.78, 5) is 13.1. The first-order valence-electron chi connectivity index (χ1n) is 10.2. The minimum absolute atomic E-state index is 0.224. The van der Waals surface area contributed by atoms with E-state index in [2.05, 4.69) is 5.32 Å². The van der Waals surface area contributed by atoms with Crippen molar-refractivity contribution in [3.05, 3.63) is 59.3 Å². The predicted octanol–water partition coefficient (Wildman–Crippen LogP) is 4.68. The van der Waals surface area contributed by atoms with Crippen LogP contribution in [0.3, 0.4) is 0 Å². The van der Waals surface area contributed by atoms with Gasteiger partial charge < -0.3 is 19.5 Å². The van der Waals surface area contributed by atoms with Gasteiger partial charge in [-0.1, -0.05) is 0 Å². The van der Waals surface area contributed by atoms with Crippen LogP contribution in [0.1, 0.15) is 35.5 Å². The van der Waals surface area contributed by atoms with Crippen LogP contribution in [0.5, 0.6) is 17.2 Å². The van der Waals surface area contributed by atoms with Crippen LogP contribution in [0.4, 0.5) is 5.82 Å². The molecule has 31 heavy (non-hydrogen) atoms. The molecule has 3 aromatic rings. The van der Waals surface area contributed by atoms with Crippen molar-refractivity contribution < 1.29 is 19.0 Å². The smallest absolute Gasteiger partial charge is 0.256 e. The third kappa shape index (κ3) is 4.34. The number of ether oxygens (including phenoxy) is 3. The number of anilines is 1. The minimum atomic E-state index is -0.224. The van der Waals surface area contributed by atoms with Gasteiger partial charge in [-0.3, -0.25) is 4.79 Å². The lowest BCUT2D eigenvalue weighted by atomic mass is 10.1. The Kier molecular flexibility index (Phi) is 6.36. The number of aromatic nitrogens is 2. The second kappa shape index (κ2) is 9.34. The average Bonchev–Trinajstić information content (AvgIpc) is 3.38. The molecule has 1 aliphatic heterocycles. The van der Waals surface area contributed by atoms with Crippen molar-refractivity contribution in [3.63, 3.8) is 0 Å². The van der Waals surface area contributed by atoms with E-state index in [4.69, 9.17) is 19.3 Å². The molecule has 2 heterocycles. The molecule has 0 atom stereocenters. The van der Waals surface area contributed by atoms with Gasteiger partial charge in [0.25, 0.3) is 5.91 Å². The van der Waals surface area contributed by atoms with Crippen LogP contribution < -0.4 is 19.5 Å². The fraction of sp³-hybridized carbons (Fsp3) is 0.304. The number of methoxy groups -OCH3 is 1. The third-order valence-electron chi connectivity index (χ3n) is 4.91. The largest absolute Gasteiger partial charge is 0.497 e. The average molecular weight is 440 g/mol. The number of hydrogen-bond acceptors (Lipinski definition) is 6. The maximum Gasteiger partial charge on any atom is 0.256 e. The number of fused-ring (bicyclic) bond motifs is 1. The van der Waals surface area contributed by atoms with Crippen LogP contribution in [0.25, 0.3) is 5.69 Å². The molecule has 1 amide bonds. The summed E-state index contributed by atoms with van der Waals surface area (Å²) in [6, 6.07) is 12.8. The van der Waals surface area contributed by atoms with E-state index in [0.29, 0.717) is 36.1 Å². The monoisotopic (exact) mass is 439 g/mol. The zero-order valence-corrected chi connectivity index (χ0v) is 18.6. The number of thioether (sulfide) groups is 1. The molecule has 0 radical (unpaired) electrons. The summed E-state index contributed by atoms with van der Waals surface area (Å²) in [5.41, 5.74) is 3.41. The highest BCUT2D eigenvalue weighted by molar-refractivity contribution is 7.98.